The summed E-state index contributed by atoms with van der Waals surface area (Å²) in [6.45, 7) is 0. The van der Waals surface area contributed by atoms with Gasteiger partial charge in [-0.1, -0.05) is 28.1 Å². The number of hydrogen-bond donors (Lipinski definition) is 1. The lowest BCUT2D eigenvalue weighted by Crippen LogP contribution is -1.95. The SMILES string of the molecule is COc1ccc(/C=N\Nc2nc(-c3ccc(Br)cc3)cs2)c(OC)c1. The quantitative estimate of drug-likeness (QED) is 0.450. The van der Waals surface area contributed by atoms with E-state index in [1.54, 1.807) is 20.4 Å². The van der Waals surface area contributed by atoms with Crippen molar-refractivity contribution in [2.75, 3.05) is 19.6 Å². The Hall–Kier alpha value is -2.38. The van der Waals surface area contributed by atoms with Crippen LogP contribution in [0.3, 0.4) is 0 Å². The number of rotatable bonds is 6. The van der Waals surface area contributed by atoms with E-state index < -0.39 is 0 Å². The number of ether oxygens (including phenoxy) is 2. The summed E-state index contributed by atoms with van der Waals surface area (Å²) in [5, 5.41) is 6.96. The largest absolute Gasteiger partial charge is 0.497 e. The molecule has 3 rings (SSSR count). The monoisotopic (exact) mass is 417 g/mol. The maximum Gasteiger partial charge on any atom is 0.203 e. The van der Waals surface area contributed by atoms with Gasteiger partial charge in [0, 0.05) is 27.0 Å². The molecule has 0 saturated carbocycles. The van der Waals surface area contributed by atoms with Crippen molar-refractivity contribution in [1.29, 1.82) is 0 Å². The van der Waals surface area contributed by atoms with Crippen LogP contribution < -0.4 is 14.9 Å². The van der Waals surface area contributed by atoms with E-state index in [-0.39, 0.29) is 0 Å². The van der Waals surface area contributed by atoms with Crippen LogP contribution in [0.5, 0.6) is 11.5 Å². The number of hydrogen-bond acceptors (Lipinski definition) is 6. The zero-order valence-corrected chi connectivity index (χ0v) is 16.1. The summed E-state index contributed by atoms with van der Waals surface area (Å²) < 4.78 is 11.6. The second kappa shape index (κ2) is 8.13. The van der Waals surface area contributed by atoms with Gasteiger partial charge in [-0.2, -0.15) is 5.10 Å². The number of aromatic nitrogens is 1. The van der Waals surface area contributed by atoms with Gasteiger partial charge < -0.3 is 9.47 Å². The highest BCUT2D eigenvalue weighted by Crippen LogP contribution is 2.26. The molecule has 0 aliphatic heterocycles. The Morgan fingerprint density at radius 3 is 2.64 bits per heavy atom. The van der Waals surface area contributed by atoms with Gasteiger partial charge in [0.1, 0.15) is 11.5 Å². The molecule has 2 aromatic carbocycles. The number of thiazole rings is 1. The summed E-state index contributed by atoms with van der Waals surface area (Å²) in [6, 6.07) is 13.6. The fourth-order valence-electron chi connectivity index (χ4n) is 2.16. The fourth-order valence-corrected chi connectivity index (χ4v) is 3.09. The predicted octanol–water partition coefficient (Wildman–Crippen LogP) is 5.04. The van der Waals surface area contributed by atoms with Gasteiger partial charge in [0.25, 0.3) is 0 Å². The first-order valence-electron chi connectivity index (χ1n) is 7.42. The van der Waals surface area contributed by atoms with Gasteiger partial charge in [0.2, 0.25) is 5.13 Å². The van der Waals surface area contributed by atoms with Gasteiger partial charge in [-0.25, -0.2) is 4.98 Å². The minimum atomic E-state index is 0.694. The minimum Gasteiger partial charge on any atom is -0.497 e. The van der Waals surface area contributed by atoms with Crippen LogP contribution in [0.1, 0.15) is 5.56 Å². The Bertz CT molecular complexity index is 878. The molecule has 5 nitrogen and oxygen atoms in total. The van der Waals surface area contributed by atoms with E-state index in [9.17, 15) is 0 Å². The van der Waals surface area contributed by atoms with E-state index >= 15 is 0 Å². The van der Waals surface area contributed by atoms with E-state index in [0.29, 0.717) is 5.75 Å². The van der Waals surface area contributed by atoms with Gasteiger partial charge in [0.15, 0.2) is 0 Å². The molecule has 0 aliphatic rings. The van der Waals surface area contributed by atoms with Crippen molar-refractivity contribution in [3.63, 3.8) is 0 Å². The maximum absolute atomic E-state index is 5.35. The number of methoxy groups -OCH3 is 2. The second-order valence-corrected chi connectivity index (χ2v) is 6.80. The Balaban J connectivity index is 1.70. The molecule has 0 radical (unpaired) electrons. The first kappa shape index (κ1) is 17.4. The number of nitrogens with one attached hydrogen (secondary N) is 1. The van der Waals surface area contributed by atoms with Crippen LogP contribution in [0.25, 0.3) is 11.3 Å². The van der Waals surface area contributed by atoms with Crippen molar-refractivity contribution in [3.05, 3.63) is 57.9 Å². The Labute approximate surface area is 158 Å². The molecule has 1 N–H and O–H groups in total. The zero-order valence-electron chi connectivity index (χ0n) is 13.7. The maximum atomic E-state index is 5.35. The van der Waals surface area contributed by atoms with Crippen molar-refractivity contribution in [2.45, 2.75) is 0 Å². The third kappa shape index (κ3) is 4.37. The molecule has 0 aliphatic carbocycles. The lowest BCUT2D eigenvalue weighted by Gasteiger charge is -2.06. The lowest BCUT2D eigenvalue weighted by atomic mass is 10.2. The molecular formula is C18H16BrN3O2S. The molecule has 128 valence electrons. The smallest absolute Gasteiger partial charge is 0.203 e. The zero-order chi connectivity index (χ0) is 17.6. The van der Waals surface area contributed by atoms with Gasteiger partial charge in [-0.15, -0.1) is 11.3 Å². The van der Waals surface area contributed by atoms with E-state index in [1.165, 1.54) is 11.3 Å². The molecule has 1 heterocycles. The third-order valence-corrected chi connectivity index (χ3v) is 4.72. The molecule has 1 aromatic heterocycles. The van der Waals surface area contributed by atoms with E-state index in [0.717, 1.165) is 32.2 Å². The minimum absolute atomic E-state index is 0.694. The Morgan fingerprint density at radius 2 is 1.92 bits per heavy atom. The molecule has 7 heteroatoms. The molecule has 0 unspecified atom stereocenters. The average molecular weight is 418 g/mol. The fraction of sp³-hybridized carbons (Fsp3) is 0.111. The van der Waals surface area contributed by atoms with Gasteiger partial charge in [0.05, 0.1) is 26.1 Å². The van der Waals surface area contributed by atoms with Crippen LogP contribution in [0, 0.1) is 0 Å². The van der Waals surface area contributed by atoms with Crippen LogP contribution in [0.4, 0.5) is 5.13 Å². The summed E-state index contributed by atoms with van der Waals surface area (Å²) in [4.78, 5) is 4.54. The number of anilines is 1. The highest BCUT2D eigenvalue weighted by molar-refractivity contribution is 9.10. The molecule has 0 bridgehead atoms. The first-order chi connectivity index (χ1) is 12.2. The molecule has 25 heavy (non-hydrogen) atoms. The molecule has 0 spiro atoms. The van der Waals surface area contributed by atoms with Crippen LogP contribution in [-0.4, -0.2) is 25.4 Å². The molecule has 0 atom stereocenters. The Morgan fingerprint density at radius 1 is 1.12 bits per heavy atom. The van der Waals surface area contributed by atoms with Crippen LogP contribution in [-0.2, 0) is 0 Å². The molecule has 3 aromatic rings. The summed E-state index contributed by atoms with van der Waals surface area (Å²) >= 11 is 4.93. The van der Waals surface area contributed by atoms with E-state index in [4.69, 9.17) is 9.47 Å². The second-order valence-electron chi connectivity index (χ2n) is 5.02. The summed E-state index contributed by atoms with van der Waals surface area (Å²) in [5.41, 5.74) is 5.78. The predicted molar refractivity (Wildman–Crippen MR) is 106 cm³/mol. The van der Waals surface area contributed by atoms with Crippen molar-refractivity contribution in [3.8, 4) is 22.8 Å². The lowest BCUT2D eigenvalue weighted by molar-refractivity contribution is 0.394. The standard InChI is InChI=1S/C18H16BrN3O2S/c1-23-15-8-5-13(17(9-15)24-2)10-20-22-18-21-16(11-25-18)12-3-6-14(19)7-4-12/h3-11H,1-2H3,(H,21,22)/b20-10-. The number of nitrogens with zero attached hydrogens (tertiary/aromatic N) is 2. The number of benzene rings is 2. The van der Waals surface area contributed by atoms with Crippen molar-refractivity contribution >= 4 is 38.6 Å². The molecule has 0 fully saturated rings. The van der Waals surface area contributed by atoms with Crippen LogP contribution in [0.2, 0.25) is 0 Å². The van der Waals surface area contributed by atoms with Gasteiger partial charge in [-0.3, -0.25) is 5.43 Å². The van der Waals surface area contributed by atoms with Crippen LogP contribution >= 0.6 is 27.3 Å². The van der Waals surface area contributed by atoms with E-state index in [1.807, 2.05) is 47.8 Å². The summed E-state index contributed by atoms with van der Waals surface area (Å²) in [7, 11) is 3.24. The first-order valence-corrected chi connectivity index (χ1v) is 9.09. The third-order valence-electron chi connectivity index (χ3n) is 3.45. The number of halogens is 1. The van der Waals surface area contributed by atoms with Crippen molar-refractivity contribution in [2.24, 2.45) is 5.10 Å². The highest BCUT2D eigenvalue weighted by Gasteiger charge is 2.05. The van der Waals surface area contributed by atoms with Crippen molar-refractivity contribution < 1.29 is 9.47 Å². The van der Waals surface area contributed by atoms with Gasteiger partial charge >= 0.3 is 0 Å². The molecular weight excluding hydrogens is 402 g/mol. The normalized spacial score (nSPS) is 10.8. The van der Waals surface area contributed by atoms with E-state index in [2.05, 4.69) is 31.4 Å². The van der Waals surface area contributed by atoms with Gasteiger partial charge in [-0.05, 0) is 24.3 Å². The molecule has 0 saturated heterocycles. The summed E-state index contributed by atoms with van der Waals surface area (Å²) in [5.74, 6) is 1.43. The Kier molecular flexibility index (Phi) is 5.67. The molecule has 0 amide bonds. The number of hydrazone groups is 1. The topological polar surface area (TPSA) is 55.7 Å². The summed E-state index contributed by atoms with van der Waals surface area (Å²) in [6.07, 6.45) is 1.69. The van der Waals surface area contributed by atoms with Crippen molar-refractivity contribution in [1.82, 2.24) is 4.98 Å². The highest BCUT2D eigenvalue weighted by atomic mass is 79.9. The van der Waals surface area contributed by atoms with Crippen LogP contribution in [0.15, 0.2) is 57.4 Å². The average Bonchev–Trinajstić information content (AvgIpc) is 3.11.